The maximum Gasteiger partial charge on any atom is 0.247 e. The van der Waals surface area contributed by atoms with E-state index < -0.39 is 0 Å². The lowest BCUT2D eigenvalue weighted by atomic mass is 10.2. The first-order valence-corrected chi connectivity index (χ1v) is 4.29. The predicted molar refractivity (Wildman–Crippen MR) is 47.8 cm³/mol. The first-order chi connectivity index (χ1) is 6.83. The highest BCUT2D eigenvalue weighted by molar-refractivity contribution is 6.05. The van der Waals surface area contributed by atoms with Gasteiger partial charge in [-0.1, -0.05) is 5.21 Å². The molecule has 0 N–H and O–H groups in total. The molecule has 2 rings (SSSR count). The van der Waals surface area contributed by atoms with Crippen molar-refractivity contribution in [3.63, 3.8) is 0 Å². The Kier molecular flexibility index (Phi) is 2.14. The minimum absolute atomic E-state index is 0.193. The van der Waals surface area contributed by atoms with Crippen molar-refractivity contribution in [2.75, 3.05) is 0 Å². The molecule has 0 saturated heterocycles. The van der Waals surface area contributed by atoms with Crippen LogP contribution in [0, 0.1) is 0 Å². The van der Waals surface area contributed by atoms with Crippen LogP contribution in [-0.4, -0.2) is 20.8 Å². The van der Waals surface area contributed by atoms with Gasteiger partial charge < -0.3 is 4.42 Å². The lowest BCUT2D eigenvalue weighted by molar-refractivity contribution is 0.0999. The summed E-state index contributed by atoms with van der Waals surface area (Å²) < 4.78 is 6.53. The molecule has 14 heavy (non-hydrogen) atoms. The fourth-order valence-corrected chi connectivity index (χ4v) is 1.20. The molecule has 5 nitrogen and oxygen atoms in total. The maximum absolute atomic E-state index is 11.8. The van der Waals surface area contributed by atoms with Crippen LogP contribution < -0.4 is 0 Å². The predicted octanol–water partition coefficient (Wildman–Crippen LogP) is 1.12. The quantitative estimate of drug-likeness (QED) is 0.682. The van der Waals surface area contributed by atoms with E-state index in [0.29, 0.717) is 18.0 Å². The third-order valence-electron chi connectivity index (χ3n) is 1.89. The maximum atomic E-state index is 11.8. The fraction of sp³-hybridized carbons (Fsp3) is 0.222. The van der Waals surface area contributed by atoms with E-state index in [4.69, 9.17) is 4.42 Å². The highest BCUT2D eigenvalue weighted by atomic mass is 16.3. The Morgan fingerprint density at radius 1 is 1.64 bits per heavy atom. The Morgan fingerprint density at radius 2 is 2.50 bits per heavy atom. The molecule has 2 aromatic rings. The molecule has 72 valence electrons. The van der Waals surface area contributed by atoms with Crippen molar-refractivity contribution >= 4 is 5.78 Å². The van der Waals surface area contributed by atoms with Crippen LogP contribution in [0.3, 0.4) is 0 Å². The fourth-order valence-electron chi connectivity index (χ4n) is 1.20. The van der Waals surface area contributed by atoms with Crippen molar-refractivity contribution < 1.29 is 9.21 Å². The second-order valence-corrected chi connectivity index (χ2v) is 2.74. The summed E-state index contributed by atoms with van der Waals surface area (Å²) in [6.07, 6.45) is 2.90. The molecule has 0 spiro atoms. The van der Waals surface area contributed by atoms with E-state index in [-0.39, 0.29) is 5.78 Å². The summed E-state index contributed by atoms with van der Waals surface area (Å²) in [6.45, 7) is 2.51. The Balaban J connectivity index is 2.36. The van der Waals surface area contributed by atoms with E-state index in [0.717, 1.165) is 0 Å². The molecule has 0 unspecified atom stereocenters. The van der Waals surface area contributed by atoms with Crippen LogP contribution in [0.25, 0.3) is 0 Å². The van der Waals surface area contributed by atoms with E-state index in [1.165, 1.54) is 17.1 Å². The highest BCUT2D eigenvalue weighted by Crippen LogP contribution is 2.08. The molecule has 0 radical (unpaired) electrons. The summed E-state index contributed by atoms with van der Waals surface area (Å²) in [5, 5.41) is 7.44. The Labute approximate surface area is 80.3 Å². The van der Waals surface area contributed by atoms with Crippen LogP contribution in [0.15, 0.2) is 29.0 Å². The van der Waals surface area contributed by atoms with Gasteiger partial charge in [0.05, 0.1) is 12.5 Å². The average molecular weight is 191 g/mol. The van der Waals surface area contributed by atoms with Crippen LogP contribution >= 0.6 is 0 Å². The number of hydrogen-bond acceptors (Lipinski definition) is 4. The van der Waals surface area contributed by atoms with Gasteiger partial charge in [0.25, 0.3) is 0 Å². The van der Waals surface area contributed by atoms with Gasteiger partial charge in [0, 0.05) is 6.54 Å². The lowest BCUT2D eigenvalue weighted by Crippen LogP contribution is -2.09. The number of carbonyl (C=O) groups excluding carboxylic acids is 1. The summed E-state index contributed by atoms with van der Waals surface area (Å²) in [5.74, 6) is 0.115. The molecule has 0 atom stereocenters. The van der Waals surface area contributed by atoms with Crippen molar-refractivity contribution in [3.05, 3.63) is 36.0 Å². The number of rotatable bonds is 3. The Morgan fingerprint density at radius 3 is 3.14 bits per heavy atom. The van der Waals surface area contributed by atoms with E-state index in [1.54, 1.807) is 12.1 Å². The smallest absolute Gasteiger partial charge is 0.247 e. The molecule has 2 heterocycles. The zero-order valence-electron chi connectivity index (χ0n) is 7.67. The van der Waals surface area contributed by atoms with Gasteiger partial charge in [-0.15, -0.1) is 5.10 Å². The van der Waals surface area contributed by atoms with Crippen molar-refractivity contribution in [3.8, 4) is 0 Å². The van der Waals surface area contributed by atoms with Gasteiger partial charge in [-0.05, 0) is 19.1 Å². The molecule has 0 amide bonds. The van der Waals surface area contributed by atoms with Crippen molar-refractivity contribution in [1.29, 1.82) is 0 Å². The molecule has 0 fully saturated rings. The summed E-state index contributed by atoms with van der Waals surface area (Å²) in [7, 11) is 0. The van der Waals surface area contributed by atoms with Crippen molar-refractivity contribution in [1.82, 2.24) is 15.0 Å². The van der Waals surface area contributed by atoms with Gasteiger partial charge in [0.1, 0.15) is 5.69 Å². The van der Waals surface area contributed by atoms with Crippen molar-refractivity contribution in [2.24, 2.45) is 0 Å². The van der Waals surface area contributed by atoms with Crippen LogP contribution in [0.4, 0.5) is 0 Å². The topological polar surface area (TPSA) is 60.9 Å². The normalized spacial score (nSPS) is 10.4. The molecule has 0 aliphatic rings. The van der Waals surface area contributed by atoms with E-state index in [9.17, 15) is 4.79 Å². The lowest BCUT2D eigenvalue weighted by Gasteiger charge is -1.98. The summed E-state index contributed by atoms with van der Waals surface area (Å²) >= 11 is 0. The molecular formula is C9H9N3O2. The van der Waals surface area contributed by atoms with Crippen LogP contribution in [-0.2, 0) is 6.54 Å². The Hall–Kier alpha value is -1.91. The largest absolute Gasteiger partial charge is 0.461 e. The zero-order chi connectivity index (χ0) is 9.97. The molecule has 0 bridgehead atoms. The summed E-state index contributed by atoms with van der Waals surface area (Å²) in [5.41, 5.74) is 0.447. The number of carbonyl (C=O) groups is 1. The van der Waals surface area contributed by atoms with Gasteiger partial charge >= 0.3 is 0 Å². The monoisotopic (exact) mass is 191 g/mol. The molecule has 5 heteroatoms. The van der Waals surface area contributed by atoms with Gasteiger partial charge in [0.15, 0.2) is 5.76 Å². The molecule has 2 aromatic heterocycles. The number of nitrogens with zero attached hydrogens (tertiary/aromatic N) is 3. The van der Waals surface area contributed by atoms with E-state index in [1.807, 2.05) is 6.92 Å². The number of aromatic nitrogens is 3. The zero-order valence-corrected chi connectivity index (χ0v) is 7.67. The van der Waals surface area contributed by atoms with Gasteiger partial charge in [-0.3, -0.25) is 4.79 Å². The standard InChI is InChI=1S/C9H9N3O2/c1-2-12-7(6-10-11-12)9(13)8-4-3-5-14-8/h3-6H,2H2,1H3. The van der Waals surface area contributed by atoms with Crippen molar-refractivity contribution in [2.45, 2.75) is 13.5 Å². The molecule has 0 saturated carbocycles. The molecule has 0 aliphatic heterocycles. The van der Waals surface area contributed by atoms with Gasteiger partial charge in [0.2, 0.25) is 5.78 Å². The highest BCUT2D eigenvalue weighted by Gasteiger charge is 2.16. The summed E-state index contributed by atoms with van der Waals surface area (Å²) in [4.78, 5) is 11.8. The second-order valence-electron chi connectivity index (χ2n) is 2.74. The third kappa shape index (κ3) is 1.32. The molecule has 0 aliphatic carbocycles. The first-order valence-electron chi connectivity index (χ1n) is 4.29. The summed E-state index contributed by atoms with van der Waals surface area (Å²) in [6, 6.07) is 3.29. The Bertz CT molecular complexity index is 431. The number of aryl methyl sites for hydroxylation is 1. The van der Waals surface area contributed by atoms with Crippen LogP contribution in [0.5, 0.6) is 0 Å². The molecule has 0 aromatic carbocycles. The van der Waals surface area contributed by atoms with Crippen LogP contribution in [0.1, 0.15) is 23.2 Å². The number of ketones is 1. The van der Waals surface area contributed by atoms with Gasteiger partial charge in [-0.2, -0.15) is 0 Å². The minimum Gasteiger partial charge on any atom is -0.461 e. The van der Waals surface area contributed by atoms with Gasteiger partial charge in [-0.25, -0.2) is 4.68 Å². The second kappa shape index (κ2) is 3.45. The van der Waals surface area contributed by atoms with E-state index in [2.05, 4.69) is 10.3 Å². The first kappa shape index (κ1) is 8.68. The van der Waals surface area contributed by atoms with E-state index >= 15 is 0 Å². The minimum atomic E-state index is -0.193. The molecular weight excluding hydrogens is 182 g/mol. The number of furan rings is 1. The average Bonchev–Trinajstić information content (AvgIpc) is 2.87. The van der Waals surface area contributed by atoms with Crippen LogP contribution in [0.2, 0.25) is 0 Å². The number of hydrogen-bond donors (Lipinski definition) is 0. The SMILES string of the molecule is CCn1nncc1C(=O)c1ccco1. The third-order valence-corrected chi connectivity index (χ3v) is 1.89.